The van der Waals surface area contributed by atoms with E-state index >= 15 is 0 Å². The SMILES string of the molecule is O=C(c1ccccc1)[C@@H]1[C@H](c2cccnc2)C2(C(=O)c3ccccc3C2=O)[C@@H]2C=Cc3cc(Br)ccc3N12. The molecule has 0 saturated carbocycles. The average Bonchev–Trinajstić information content (AvgIpc) is 3.39. The Morgan fingerprint density at radius 3 is 2.26 bits per heavy atom. The number of anilines is 1. The van der Waals surface area contributed by atoms with Crippen LogP contribution in [0.25, 0.3) is 6.08 Å². The van der Waals surface area contributed by atoms with Crippen LogP contribution in [0.15, 0.2) is 108 Å². The van der Waals surface area contributed by atoms with Gasteiger partial charge in [0.2, 0.25) is 0 Å². The molecular formula is C32H21BrN2O3. The fraction of sp³-hybridized carbons (Fsp3) is 0.125. The van der Waals surface area contributed by atoms with Gasteiger partial charge in [0.05, 0.1) is 6.04 Å². The molecule has 3 atom stereocenters. The van der Waals surface area contributed by atoms with Crippen LogP contribution in [0.5, 0.6) is 0 Å². The molecule has 184 valence electrons. The van der Waals surface area contributed by atoms with Crippen molar-refractivity contribution in [3.05, 3.63) is 136 Å². The molecule has 1 saturated heterocycles. The molecule has 3 aliphatic rings. The van der Waals surface area contributed by atoms with Gasteiger partial charge in [-0.15, -0.1) is 0 Å². The Morgan fingerprint density at radius 1 is 0.868 bits per heavy atom. The van der Waals surface area contributed by atoms with E-state index in [4.69, 9.17) is 0 Å². The molecule has 4 aromatic rings. The number of ketones is 3. The number of halogens is 1. The van der Waals surface area contributed by atoms with Crippen LogP contribution >= 0.6 is 15.9 Å². The Bertz CT molecular complexity index is 1630. The largest absolute Gasteiger partial charge is 0.352 e. The summed E-state index contributed by atoms with van der Waals surface area (Å²) in [5, 5.41) is 0. The van der Waals surface area contributed by atoms with Crippen molar-refractivity contribution >= 4 is 45.0 Å². The maximum atomic E-state index is 14.5. The lowest BCUT2D eigenvalue weighted by Crippen LogP contribution is -2.48. The van der Waals surface area contributed by atoms with Crippen molar-refractivity contribution in [3.63, 3.8) is 0 Å². The maximum absolute atomic E-state index is 14.5. The topological polar surface area (TPSA) is 67.3 Å². The number of benzene rings is 3. The van der Waals surface area contributed by atoms with Crippen LogP contribution in [0.3, 0.4) is 0 Å². The number of carbonyl (C=O) groups is 3. The molecule has 0 radical (unpaired) electrons. The number of rotatable bonds is 3. The number of aromatic nitrogens is 1. The fourth-order valence-corrected chi connectivity index (χ4v) is 7.03. The Morgan fingerprint density at radius 2 is 1.58 bits per heavy atom. The van der Waals surface area contributed by atoms with Crippen molar-refractivity contribution < 1.29 is 14.4 Å². The number of hydrogen-bond donors (Lipinski definition) is 0. The molecule has 1 aliphatic carbocycles. The Labute approximate surface area is 228 Å². The molecule has 7 rings (SSSR count). The Hall–Kier alpha value is -4.16. The van der Waals surface area contributed by atoms with Crippen LogP contribution in [0, 0.1) is 5.41 Å². The molecule has 0 amide bonds. The number of nitrogens with zero attached hydrogens (tertiary/aromatic N) is 2. The summed E-state index contributed by atoms with van der Waals surface area (Å²) in [4.78, 5) is 49.9. The van der Waals surface area contributed by atoms with E-state index in [1.54, 1.807) is 54.9 Å². The fourth-order valence-electron chi connectivity index (χ4n) is 6.65. The van der Waals surface area contributed by atoms with Gasteiger partial charge in [-0.25, -0.2) is 0 Å². The predicted octanol–water partition coefficient (Wildman–Crippen LogP) is 6.16. The van der Waals surface area contributed by atoms with Gasteiger partial charge in [-0.1, -0.05) is 88.7 Å². The second-order valence-corrected chi connectivity index (χ2v) is 10.8. The van der Waals surface area contributed by atoms with E-state index < -0.39 is 23.4 Å². The van der Waals surface area contributed by atoms with E-state index in [9.17, 15) is 14.4 Å². The summed E-state index contributed by atoms with van der Waals surface area (Å²) in [5.41, 5.74) is 2.27. The summed E-state index contributed by atoms with van der Waals surface area (Å²) < 4.78 is 0.906. The zero-order valence-corrected chi connectivity index (χ0v) is 21.7. The van der Waals surface area contributed by atoms with Crippen LogP contribution in [0.2, 0.25) is 0 Å². The van der Waals surface area contributed by atoms with Gasteiger partial charge in [0.1, 0.15) is 11.5 Å². The quantitative estimate of drug-likeness (QED) is 0.222. The van der Waals surface area contributed by atoms with Gasteiger partial charge in [0, 0.05) is 45.2 Å². The highest BCUT2D eigenvalue weighted by Crippen LogP contribution is 2.60. The van der Waals surface area contributed by atoms with E-state index in [1.165, 1.54) is 0 Å². The van der Waals surface area contributed by atoms with Crippen LogP contribution in [-0.4, -0.2) is 34.4 Å². The highest BCUT2D eigenvalue weighted by Gasteiger charge is 2.71. The molecule has 1 spiro atoms. The minimum absolute atomic E-state index is 0.137. The minimum atomic E-state index is -1.51. The normalized spacial score (nSPS) is 22.3. The maximum Gasteiger partial charge on any atom is 0.185 e. The lowest BCUT2D eigenvalue weighted by atomic mass is 9.64. The van der Waals surface area contributed by atoms with Crippen molar-refractivity contribution in [1.82, 2.24) is 4.98 Å². The number of pyridine rings is 1. The third-order valence-corrected chi connectivity index (χ3v) is 8.63. The summed E-state index contributed by atoms with van der Waals surface area (Å²) in [6, 6.07) is 24.2. The van der Waals surface area contributed by atoms with Gasteiger partial charge in [-0.3, -0.25) is 19.4 Å². The van der Waals surface area contributed by atoms with Crippen LogP contribution < -0.4 is 4.90 Å². The summed E-state index contributed by atoms with van der Waals surface area (Å²) >= 11 is 3.55. The molecule has 3 aromatic carbocycles. The highest BCUT2D eigenvalue weighted by atomic mass is 79.9. The molecule has 38 heavy (non-hydrogen) atoms. The van der Waals surface area contributed by atoms with Crippen LogP contribution in [0.4, 0.5) is 5.69 Å². The number of hydrogen-bond acceptors (Lipinski definition) is 5. The van der Waals surface area contributed by atoms with Crippen molar-refractivity contribution in [1.29, 1.82) is 0 Å². The summed E-state index contributed by atoms with van der Waals surface area (Å²) in [6.07, 6.45) is 7.23. The van der Waals surface area contributed by atoms with Crippen LogP contribution in [0.1, 0.15) is 48.1 Å². The van der Waals surface area contributed by atoms with Crippen molar-refractivity contribution in [2.24, 2.45) is 5.41 Å². The molecule has 1 aromatic heterocycles. The molecule has 0 unspecified atom stereocenters. The molecular weight excluding hydrogens is 540 g/mol. The molecule has 0 N–H and O–H groups in total. The Balaban J connectivity index is 1.55. The standard InChI is InChI=1S/C32H21BrN2O3/c33-22-13-14-25-20(17-22)12-15-26-32(30(37)23-10-4-5-11-24(23)31(32)38)27(21-9-6-16-34-18-21)28(35(25)26)29(36)19-7-2-1-3-8-19/h1-18,26-28H/t26-,27-,28-/m0/s1. The van der Waals surface area contributed by atoms with Crippen molar-refractivity contribution in [2.75, 3.05) is 4.90 Å². The first-order chi connectivity index (χ1) is 18.5. The molecule has 5 nitrogen and oxygen atoms in total. The van der Waals surface area contributed by atoms with Gasteiger partial charge in [0.15, 0.2) is 17.3 Å². The number of fused-ring (bicyclic) bond motifs is 5. The molecule has 3 heterocycles. The van der Waals surface area contributed by atoms with E-state index in [0.29, 0.717) is 22.3 Å². The summed E-state index contributed by atoms with van der Waals surface area (Å²) in [7, 11) is 0. The highest BCUT2D eigenvalue weighted by molar-refractivity contribution is 9.10. The first-order valence-corrected chi connectivity index (χ1v) is 13.3. The third kappa shape index (κ3) is 2.98. The van der Waals surface area contributed by atoms with E-state index in [0.717, 1.165) is 15.7 Å². The molecule has 1 fully saturated rings. The monoisotopic (exact) mass is 560 g/mol. The van der Waals surface area contributed by atoms with Gasteiger partial charge < -0.3 is 4.90 Å². The van der Waals surface area contributed by atoms with E-state index in [1.807, 2.05) is 59.5 Å². The van der Waals surface area contributed by atoms with Crippen molar-refractivity contribution in [3.8, 4) is 0 Å². The van der Waals surface area contributed by atoms with Crippen LogP contribution in [-0.2, 0) is 0 Å². The zero-order valence-electron chi connectivity index (χ0n) is 20.1. The lowest BCUT2D eigenvalue weighted by molar-refractivity contribution is 0.0666. The Kier molecular flexibility index (Phi) is 5.10. The predicted molar refractivity (Wildman–Crippen MR) is 149 cm³/mol. The first-order valence-electron chi connectivity index (χ1n) is 12.5. The van der Waals surface area contributed by atoms with Gasteiger partial charge in [-0.05, 0) is 35.4 Å². The second kappa shape index (κ2) is 8.43. The minimum Gasteiger partial charge on any atom is -0.352 e. The van der Waals surface area contributed by atoms with Crippen molar-refractivity contribution in [2.45, 2.75) is 18.0 Å². The molecule has 2 aliphatic heterocycles. The number of carbonyl (C=O) groups excluding carboxylic acids is 3. The molecule has 6 heteroatoms. The second-order valence-electron chi connectivity index (χ2n) is 9.93. The van der Waals surface area contributed by atoms with E-state index in [-0.39, 0.29) is 17.3 Å². The lowest BCUT2D eigenvalue weighted by Gasteiger charge is -2.37. The molecule has 0 bridgehead atoms. The van der Waals surface area contributed by atoms with E-state index in [2.05, 4.69) is 20.9 Å². The summed E-state index contributed by atoms with van der Waals surface area (Å²) in [6.45, 7) is 0. The van der Waals surface area contributed by atoms with Gasteiger partial charge in [0.25, 0.3) is 0 Å². The van der Waals surface area contributed by atoms with Gasteiger partial charge in [-0.2, -0.15) is 0 Å². The van der Waals surface area contributed by atoms with Gasteiger partial charge >= 0.3 is 0 Å². The average molecular weight is 561 g/mol. The summed E-state index contributed by atoms with van der Waals surface area (Å²) in [5.74, 6) is -1.37. The zero-order chi connectivity index (χ0) is 26.0. The third-order valence-electron chi connectivity index (χ3n) is 8.14. The first kappa shape index (κ1) is 23.0. The number of Topliss-reactive ketones (excluding diaryl/α,β-unsaturated/α-hetero) is 3. The smallest absolute Gasteiger partial charge is 0.185 e.